The summed E-state index contributed by atoms with van der Waals surface area (Å²) in [4.78, 5) is 58.9. The number of hydrogen-bond acceptors (Lipinski definition) is 9. The van der Waals surface area contributed by atoms with Crippen LogP contribution < -0.4 is 21.0 Å². The van der Waals surface area contributed by atoms with Crippen LogP contribution in [-0.4, -0.2) is 70.4 Å². The zero-order valence-corrected chi connectivity index (χ0v) is 24.1. The summed E-state index contributed by atoms with van der Waals surface area (Å²) < 4.78 is 43.9. The summed E-state index contributed by atoms with van der Waals surface area (Å²) in [6.45, 7) is 1.85. The van der Waals surface area contributed by atoms with Gasteiger partial charge in [-0.05, 0) is 38.2 Å². The van der Waals surface area contributed by atoms with Crippen LogP contribution in [0.1, 0.15) is 25.8 Å². The number of pyridine rings is 1. The van der Waals surface area contributed by atoms with E-state index in [0.29, 0.717) is 23.5 Å². The Morgan fingerprint density at radius 1 is 1.14 bits per heavy atom. The van der Waals surface area contributed by atoms with Gasteiger partial charge in [0.15, 0.2) is 11.2 Å². The van der Waals surface area contributed by atoms with E-state index in [9.17, 15) is 27.6 Å². The number of amides is 1. The molecule has 222 valence electrons. The molecule has 1 fully saturated rings. The third-order valence-electron chi connectivity index (χ3n) is 7.30. The number of aryl methyl sites for hydroxylation is 1. The summed E-state index contributed by atoms with van der Waals surface area (Å²) in [7, 11) is 2.86. The van der Waals surface area contributed by atoms with Crippen molar-refractivity contribution in [3.05, 3.63) is 57.8 Å². The first kappa shape index (κ1) is 29.3. The molecule has 2 atom stereocenters. The highest BCUT2D eigenvalue weighted by atomic mass is 32.2. The van der Waals surface area contributed by atoms with Crippen molar-refractivity contribution in [2.75, 3.05) is 28.5 Å². The van der Waals surface area contributed by atoms with Crippen LogP contribution in [0.3, 0.4) is 0 Å². The lowest BCUT2D eigenvalue weighted by Gasteiger charge is -2.26. The Morgan fingerprint density at radius 3 is 2.52 bits per heavy atom. The molecule has 4 aromatic heterocycles. The van der Waals surface area contributed by atoms with E-state index in [2.05, 4.69) is 19.9 Å². The SMILES string of the molecule is CSCN(C(=O)[C@H](C)n1cnc2c1c(=O)n(C)c(=O)n2C)c1cccc(-c2cnc(N3CCC[C@H]3C(F)(F)F)nc2)n1. The van der Waals surface area contributed by atoms with Gasteiger partial charge in [0.05, 0.1) is 17.9 Å². The predicted octanol–water partition coefficient (Wildman–Crippen LogP) is 2.73. The fourth-order valence-electron chi connectivity index (χ4n) is 5.06. The second-order valence-electron chi connectivity index (χ2n) is 9.94. The van der Waals surface area contributed by atoms with E-state index >= 15 is 0 Å². The van der Waals surface area contributed by atoms with Crippen molar-refractivity contribution in [3.63, 3.8) is 0 Å². The van der Waals surface area contributed by atoms with Gasteiger partial charge < -0.3 is 9.47 Å². The van der Waals surface area contributed by atoms with E-state index in [-0.39, 0.29) is 41.9 Å². The number of aromatic nitrogens is 7. The van der Waals surface area contributed by atoms with Crippen LogP contribution in [0.25, 0.3) is 22.4 Å². The van der Waals surface area contributed by atoms with E-state index in [1.807, 2.05) is 6.26 Å². The molecule has 42 heavy (non-hydrogen) atoms. The molecule has 1 aliphatic rings. The lowest BCUT2D eigenvalue weighted by atomic mass is 10.2. The van der Waals surface area contributed by atoms with E-state index < -0.39 is 29.5 Å². The Bertz CT molecular complexity index is 1750. The monoisotopic (exact) mass is 603 g/mol. The van der Waals surface area contributed by atoms with Crippen molar-refractivity contribution in [1.82, 2.24) is 33.6 Å². The van der Waals surface area contributed by atoms with E-state index in [1.165, 1.54) is 63.5 Å². The Hall–Kier alpha value is -4.21. The minimum atomic E-state index is -4.37. The lowest BCUT2D eigenvalue weighted by Crippen LogP contribution is -2.42. The molecule has 0 spiro atoms. The quantitative estimate of drug-likeness (QED) is 0.293. The molecular formula is C26H28F3N9O3S. The highest BCUT2D eigenvalue weighted by Gasteiger charge is 2.46. The van der Waals surface area contributed by atoms with Crippen molar-refractivity contribution in [2.45, 2.75) is 38.0 Å². The number of hydrogen-bond donors (Lipinski definition) is 0. The fourth-order valence-corrected chi connectivity index (χ4v) is 5.57. The second kappa shape index (κ2) is 11.2. The molecular weight excluding hydrogens is 575 g/mol. The molecule has 1 saturated heterocycles. The maximum atomic E-state index is 13.8. The van der Waals surface area contributed by atoms with Gasteiger partial charge in [0.25, 0.3) is 11.5 Å². The van der Waals surface area contributed by atoms with E-state index in [1.54, 1.807) is 25.1 Å². The highest BCUT2D eigenvalue weighted by molar-refractivity contribution is 7.98. The van der Waals surface area contributed by atoms with E-state index in [0.717, 1.165) is 4.57 Å². The largest absolute Gasteiger partial charge is 0.408 e. The molecule has 0 bridgehead atoms. The number of halogens is 3. The molecule has 12 nitrogen and oxygen atoms in total. The number of anilines is 2. The molecule has 5 rings (SSSR count). The molecule has 1 amide bonds. The number of imidazole rings is 1. The van der Waals surface area contributed by atoms with Gasteiger partial charge in [-0.25, -0.2) is 24.7 Å². The van der Waals surface area contributed by atoms with Crippen molar-refractivity contribution < 1.29 is 18.0 Å². The molecule has 1 aliphatic heterocycles. The maximum Gasteiger partial charge on any atom is 0.408 e. The second-order valence-corrected chi connectivity index (χ2v) is 10.8. The third kappa shape index (κ3) is 5.14. The summed E-state index contributed by atoms with van der Waals surface area (Å²) in [5, 5.41) is 0. The van der Waals surface area contributed by atoms with Crippen molar-refractivity contribution in [2.24, 2.45) is 14.1 Å². The molecule has 0 radical (unpaired) electrons. The van der Waals surface area contributed by atoms with Crippen molar-refractivity contribution >= 4 is 40.6 Å². The number of fused-ring (bicyclic) bond motifs is 1. The first-order valence-electron chi connectivity index (χ1n) is 13.0. The average Bonchev–Trinajstić information content (AvgIpc) is 3.66. The first-order chi connectivity index (χ1) is 19.9. The summed E-state index contributed by atoms with van der Waals surface area (Å²) in [5.74, 6) is 0.192. The standard InChI is InChI=1S/C26H28F3N9O3S/c1-15(37-13-32-21-20(37)23(40)35(3)25(41)34(21)2)22(39)38(14-42-4)19-9-5-7-17(33-19)16-11-30-24(31-12-16)36-10-6-8-18(36)26(27,28)29/h5,7,9,11-13,15,18H,6,8,10,14H2,1-4H3/t15-,18-/m0/s1. The van der Waals surface area contributed by atoms with Crippen LogP contribution in [0.15, 0.2) is 46.5 Å². The zero-order chi connectivity index (χ0) is 30.3. The normalized spacial score (nSPS) is 16.3. The Kier molecular flexibility index (Phi) is 7.83. The van der Waals surface area contributed by atoms with Gasteiger partial charge in [-0.2, -0.15) is 13.2 Å². The van der Waals surface area contributed by atoms with Gasteiger partial charge in [0.1, 0.15) is 17.9 Å². The molecule has 5 heterocycles. The number of nitrogens with zero attached hydrogens (tertiary/aromatic N) is 9. The highest BCUT2D eigenvalue weighted by Crippen LogP contribution is 2.35. The molecule has 0 aliphatic carbocycles. The van der Waals surface area contributed by atoms with Gasteiger partial charge >= 0.3 is 11.9 Å². The van der Waals surface area contributed by atoms with Crippen LogP contribution in [0.5, 0.6) is 0 Å². The number of rotatable bonds is 7. The smallest absolute Gasteiger partial charge is 0.329 e. The third-order valence-corrected chi connectivity index (χ3v) is 7.82. The van der Waals surface area contributed by atoms with Gasteiger partial charge in [-0.1, -0.05) is 6.07 Å². The molecule has 4 aromatic rings. The zero-order valence-electron chi connectivity index (χ0n) is 23.2. The fraction of sp³-hybridized carbons (Fsp3) is 0.423. The van der Waals surface area contributed by atoms with Gasteiger partial charge in [-0.15, -0.1) is 11.8 Å². The molecule has 16 heteroatoms. The predicted molar refractivity (Wildman–Crippen MR) is 152 cm³/mol. The van der Waals surface area contributed by atoms with Crippen LogP contribution >= 0.6 is 11.8 Å². The number of carbonyl (C=O) groups excluding carboxylic acids is 1. The van der Waals surface area contributed by atoms with Crippen LogP contribution in [-0.2, 0) is 18.9 Å². The van der Waals surface area contributed by atoms with Crippen molar-refractivity contribution in [3.8, 4) is 11.3 Å². The number of alkyl halides is 3. The lowest BCUT2D eigenvalue weighted by molar-refractivity contribution is -0.146. The molecule has 0 N–H and O–H groups in total. The van der Waals surface area contributed by atoms with Gasteiger partial charge in [0, 0.05) is 38.6 Å². The first-order valence-corrected chi connectivity index (χ1v) is 14.4. The number of carbonyl (C=O) groups is 1. The Labute approximate surface area is 241 Å². The van der Waals surface area contributed by atoms with Gasteiger partial charge in [-0.3, -0.25) is 23.6 Å². The summed E-state index contributed by atoms with van der Waals surface area (Å²) in [6, 6.07) is 2.56. The van der Waals surface area contributed by atoms with Crippen LogP contribution in [0.4, 0.5) is 24.9 Å². The minimum Gasteiger partial charge on any atom is -0.329 e. The van der Waals surface area contributed by atoms with Gasteiger partial charge in [0.2, 0.25) is 5.95 Å². The summed E-state index contributed by atoms with van der Waals surface area (Å²) in [5.41, 5.74) is 0.0851. The minimum absolute atomic E-state index is 0.000979. The maximum absolute atomic E-state index is 13.8. The van der Waals surface area contributed by atoms with Crippen LogP contribution in [0, 0.1) is 0 Å². The topological polar surface area (TPSA) is 124 Å². The molecule has 0 unspecified atom stereocenters. The Morgan fingerprint density at radius 2 is 1.86 bits per heavy atom. The molecule has 0 aromatic carbocycles. The Balaban J connectivity index is 1.44. The number of thioether (sulfide) groups is 1. The molecule has 0 saturated carbocycles. The summed E-state index contributed by atoms with van der Waals surface area (Å²) >= 11 is 1.39. The van der Waals surface area contributed by atoms with Crippen molar-refractivity contribution in [1.29, 1.82) is 0 Å². The summed E-state index contributed by atoms with van der Waals surface area (Å²) in [6.07, 6.45) is 2.05. The van der Waals surface area contributed by atoms with E-state index in [4.69, 9.17) is 0 Å². The van der Waals surface area contributed by atoms with Crippen LogP contribution in [0.2, 0.25) is 0 Å². The average molecular weight is 604 g/mol.